The number of benzene rings is 2. The lowest BCUT2D eigenvalue weighted by atomic mass is 10.3. The molecule has 0 atom stereocenters. The third-order valence-electron chi connectivity index (χ3n) is 3.90. The maximum Gasteiger partial charge on any atom is 0.387 e. The number of aryl methyl sites for hydroxylation is 1. The van der Waals surface area contributed by atoms with Gasteiger partial charge in [0.2, 0.25) is 0 Å². The van der Waals surface area contributed by atoms with E-state index in [1.165, 1.54) is 24.3 Å². The molecule has 0 radical (unpaired) electrons. The molecule has 32 heavy (non-hydrogen) atoms. The molecule has 0 aliphatic rings. The second-order valence-corrected chi connectivity index (χ2v) is 7.81. The summed E-state index contributed by atoms with van der Waals surface area (Å²) in [6.07, 6.45) is 0. The van der Waals surface area contributed by atoms with Crippen molar-refractivity contribution >= 4 is 40.5 Å². The highest BCUT2D eigenvalue weighted by Gasteiger charge is 2.18. The molecule has 0 unspecified atom stereocenters. The molecule has 1 aromatic heterocycles. The number of aromatic nitrogens is 1. The van der Waals surface area contributed by atoms with Crippen molar-refractivity contribution in [3.05, 3.63) is 69.1 Å². The molecule has 0 spiro atoms. The number of amides is 1. The Morgan fingerprint density at radius 3 is 2.41 bits per heavy atom. The molecule has 1 N–H and O–H groups in total. The lowest BCUT2D eigenvalue weighted by Gasteiger charge is -2.08. The second-order valence-electron chi connectivity index (χ2n) is 6.29. The summed E-state index contributed by atoms with van der Waals surface area (Å²) in [5.41, 5.74) is 0.799. The molecule has 0 bridgehead atoms. The lowest BCUT2D eigenvalue weighted by Crippen LogP contribution is -2.20. The third-order valence-corrected chi connectivity index (χ3v) is 5.26. The molecular formula is C21H17ClF2N2O5S. The number of halogens is 3. The molecule has 1 amide bonds. The summed E-state index contributed by atoms with van der Waals surface area (Å²) in [5.74, 6) is -0.708. The molecule has 0 aliphatic heterocycles. The minimum absolute atomic E-state index is 0.0408. The van der Waals surface area contributed by atoms with Gasteiger partial charge in [-0.1, -0.05) is 11.6 Å². The van der Waals surface area contributed by atoms with Crippen LogP contribution in [0.4, 0.5) is 14.5 Å². The van der Waals surface area contributed by atoms with Gasteiger partial charge in [0.05, 0.1) is 5.69 Å². The van der Waals surface area contributed by atoms with Crippen LogP contribution in [0.2, 0.25) is 5.02 Å². The SMILES string of the molecule is Cc1nc(COc2ccc(Cl)cc2)sc1C(=O)OCC(=O)Nc1ccc(OC(F)F)cc1. The fraction of sp³-hybridized carbons (Fsp3) is 0.190. The van der Waals surface area contributed by atoms with E-state index in [1.807, 2.05) is 0 Å². The van der Waals surface area contributed by atoms with Gasteiger partial charge >= 0.3 is 12.6 Å². The van der Waals surface area contributed by atoms with Crippen molar-refractivity contribution in [1.82, 2.24) is 4.98 Å². The number of nitrogens with one attached hydrogen (secondary N) is 1. The largest absolute Gasteiger partial charge is 0.486 e. The number of carbonyl (C=O) groups is 2. The Morgan fingerprint density at radius 1 is 1.09 bits per heavy atom. The van der Waals surface area contributed by atoms with Crippen LogP contribution in [-0.4, -0.2) is 30.1 Å². The van der Waals surface area contributed by atoms with Crippen LogP contribution in [-0.2, 0) is 16.1 Å². The van der Waals surface area contributed by atoms with Gasteiger partial charge < -0.3 is 19.5 Å². The summed E-state index contributed by atoms with van der Waals surface area (Å²) < 4.78 is 39.2. The van der Waals surface area contributed by atoms with Gasteiger partial charge in [-0.2, -0.15) is 8.78 Å². The first kappa shape index (κ1) is 23.4. The average Bonchev–Trinajstić information content (AvgIpc) is 3.13. The highest BCUT2D eigenvalue weighted by atomic mass is 35.5. The van der Waals surface area contributed by atoms with Crippen LogP contribution >= 0.6 is 22.9 Å². The minimum atomic E-state index is -2.94. The molecule has 1 heterocycles. The maximum absolute atomic E-state index is 12.3. The summed E-state index contributed by atoms with van der Waals surface area (Å²) in [6.45, 7) is -1.65. The van der Waals surface area contributed by atoms with Crippen molar-refractivity contribution < 1.29 is 32.6 Å². The molecule has 0 fully saturated rings. The minimum Gasteiger partial charge on any atom is -0.486 e. The first-order valence-corrected chi connectivity index (χ1v) is 10.4. The van der Waals surface area contributed by atoms with Gasteiger partial charge in [0, 0.05) is 10.7 Å². The van der Waals surface area contributed by atoms with Crippen molar-refractivity contribution in [2.24, 2.45) is 0 Å². The summed E-state index contributed by atoms with van der Waals surface area (Å²) in [4.78, 5) is 28.9. The van der Waals surface area contributed by atoms with Crippen LogP contribution in [0.1, 0.15) is 20.4 Å². The van der Waals surface area contributed by atoms with Gasteiger partial charge in [0.15, 0.2) is 6.61 Å². The van der Waals surface area contributed by atoms with Crippen molar-refractivity contribution in [1.29, 1.82) is 0 Å². The van der Waals surface area contributed by atoms with Crippen molar-refractivity contribution in [3.8, 4) is 11.5 Å². The molecule has 11 heteroatoms. The molecule has 2 aromatic carbocycles. The lowest BCUT2D eigenvalue weighted by molar-refractivity contribution is -0.119. The number of esters is 1. The maximum atomic E-state index is 12.3. The summed E-state index contributed by atoms with van der Waals surface area (Å²) in [7, 11) is 0. The van der Waals surface area contributed by atoms with Gasteiger partial charge in [-0.15, -0.1) is 11.3 Å². The third kappa shape index (κ3) is 6.89. The Labute approximate surface area is 190 Å². The van der Waals surface area contributed by atoms with Crippen LogP contribution in [0.5, 0.6) is 11.5 Å². The zero-order chi connectivity index (χ0) is 23.1. The Kier molecular flexibility index (Phi) is 7.96. The van der Waals surface area contributed by atoms with Crippen LogP contribution < -0.4 is 14.8 Å². The van der Waals surface area contributed by atoms with E-state index in [0.29, 0.717) is 27.2 Å². The predicted molar refractivity (Wildman–Crippen MR) is 115 cm³/mol. The average molecular weight is 483 g/mol. The number of ether oxygens (including phenoxy) is 3. The van der Waals surface area contributed by atoms with E-state index >= 15 is 0 Å². The van der Waals surface area contributed by atoms with Crippen LogP contribution in [0, 0.1) is 6.92 Å². The number of thiazole rings is 1. The van der Waals surface area contributed by atoms with Gasteiger partial charge in [-0.05, 0) is 55.5 Å². The quantitative estimate of drug-likeness (QED) is 0.428. The van der Waals surface area contributed by atoms with Gasteiger partial charge in [-0.25, -0.2) is 9.78 Å². The Balaban J connectivity index is 1.48. The Morgan fingerprint density at radius 2 is 1.75 bits per heavy atom. The number of rotatable bonds is 9. The van der Waals surface area contributed by atoms with Crippen molar-refractivity contribution in [2.75, 3.05) is 11.9 Å². The van der Waals surface area contributed by atoms with E-state index in [0.717, 1.165) is 11.3 Å². The summed E-state index contributed by atoms with van der Waals surface area (Å²) in [5, 5.41) is 3.65. The monoisotopic (exact) mass is 482 g/mol. The first-order chi connectivity index (χ1) is 15.3. The van der Waals surface area contributed by atoms with E-state index in [9.17, 15) is 18.4 Å². The van der Waals surface area contributed by atoms with Crippen molar-refractivity contribution in [3.63, 3.8) is 0 Å². The molecule has 3 aromatic rings. The van der Waals surface area contributed by atoms with E-state index in [2.05, 4.69) is 15.0 Å². The number of nitrogens with zero attached hydrogens (tertiary/aromatic N) is 1. The highest BCUT2D eigenvalue weighted by molar-refractivity contribution is 7.13. The van der Waals surface area contributed by atoms with E-state index in [1.54, 1.807) is 31.2 Å². The molecule has 7 nitrogen and oxygen atoms in total. The number of carbonyl (C=O) groups excluding carboxylic acids is 2. The van der Waals surface area contributed by atoms with E-state index in [4.69, 9.17) is 21.1 Å². The normalized spacial score (nSPS) is 10.7. The summed E-state index contributed by atoms with van der Waals surface area (Å²) in [6, 6.07) is 12.2. The Hall–Kier alpha value is -3.24. The Bertz CT molecular complexity index is 1070. The summed E-state index contributed by atoms with van der Waals surface area (Å²) >= 11 is 6.94. The highest BCUT2D eigenvalue weighted by Crippen LogP contribution is 2.22. The molecule has 0 saturated heterocycles. The topological polar surface area (TPSA) is 86.8 Å². The van der Waals surface area contributed by atoms with Crippen LogP contribution in [0.25, 0.3) is 0 Å². The second kappa shape index (κ2) is 10.9. The van der Waals surface area contributed by atoms with Gasteiger partial charge in [-0.3, -0.25) is 4.79 Å². The smallest absolute Gasteiger partial charge is 0.387 e. The predicted octanol–water partition coefficient (Wildman–Crippen LogP) is 5.08. The van der Waals surface area contributed by atoms with Crippen molar-refractivity contribution in [2.45, 2.75) is 20.1 Å². The molecule has 0 saturated carbocycles. The van der Waals surface area contributed by atoms with Crippen LogP contribution in [0.3, 0.4) is 0 Å². The molecular weight excluding hydrogens is 466 g/mol. The number of alkyl halides is 2. The standard InChI is InChI=1S/C21H17ClF2N2O5S/c1-12-19(32-18(25-12)11-29-15-6-2-13(22)3-7-15)20(28)30-10-17(27)26-14-4-8-16(9-5-14)31-21(23)24/h2-9,21H,10-11H2,1H3,(H,26,27). The molecule has 3 rings (SSSR count). The first-order valence-electron chi connectivity index (χ1n) is 9.16. The van der Waals surface area contributed by atoms with Gasteiger partial charge in [0.25, 0.3) is 5.91 Å². The number of hydrogen-bond donors (Lipinski definition) is 1. The van der Waals surface area contributed by atoms with Gasteiger partial charge in [0.1, 0.15) is 28.0 Å². The van der Waals surface area contributed by atoms with Crippen LogP contribution in [0.15, 0.2) is 48.5 Å². The zero-order valence-electron chi connectivity index (χ0n) is 16.6. The van der Waals surface area contributed by atoms with E-state index < -0.39 is 25.1 Å². The number of hydrogen-bond acceptors (Lipinski definition) is 7. The van der Waals surface area contributed by atoms with E-state index in [-0.39, 0.29) is 17.2 Å². The molecule has 0 aliphatic carbocycles. The fourth-order valence-corrected chi connectivity index (χ4v) is 3.49. The number of anilines is 1. The fourth-order valence-electron chi connectivity index (χ4n) is 2.49. The molecule has 168 valence electrons. The zero-order valence-corrected chi connectivity index (χ0v) is 18.2.